The summed E-state index contributed by atoms with van der Waals surface area (Å²) in [7, 11) is 0. The van der Waals surface area contributed by atoms with E-state index in [0.29, 0.717) is 5.57 Å². The predicted octanol–water partition coefficient (Wildman–Crippen LogP) is 3.07. The minimum Gasteiger partial charge on any atom is -0.399 e. The Bertz CT molecular complexity index is 846. The van der Waals surface area contributed by atoms with Crippen molar-refractivity contribution in [3.8, 4) is 18.2 Å². The van der Waals surface area contributed by atoms with Crippen LogP contribution in [0.15, 0.2) is 47.4 Å². The van der Waals surface area contributed by atoms with Gasteiger partial charge in [0, 0.05) is 23.7 Å². The lowest BCUT2D eigenvalue weighted by atomic mass is 9.50. The van der Waals surface area contributed by atoms with Crippen LogP contribution < -0.4 is 5.73 Å². The highest BCUT2D eigenvalue weighted by atomic mass is 14.7. The third-order valence-corrected chi connectivity index (χ3v) is 5.38. The summed E-state index contributed by atoms with van der Waals surface area (Å²) in [6, 6.07) is 10.1. The molecule has 24 heavy (non-hydrogen) atoms. The van der Waals surface area contributed by atoms with Crippen LogP contribution in [0.25, 0.3) is 0 Å². The molecule has 5 nitrogen and oxygen atoms in total. The molecule has 5 heteroatoms. The van der Waals surface area contributed by atoms with Gasteiger partial charge < -0.3 is 5.73 Å². The average molecular weight is 315 g/mol. The van der Waals surface area contributed by atoms with E-state index in [1.54, 1.807) is 18.5 Å². The number of hydrogen-bond acceptors (Lipinski definition) is 5. The van der Waals surface area contributed by atoms with E-state index in [2.05, 4.69) is 23.2 Å². The molecule has 0 fully saturated rings. The van der Waals surface area contributed by atoms with E-state index in [9.17, 15) is 15.8 Å². The summed E-state index contributed by atoms with van der Waals surface area (Å²) >= 11 is 0. The van der Waals surface area contributed by atoms with Crippen LogP contribution >= 0.6 is 0 Å². The Hall–Kier alpha value is -3.10. The number of nitrogens with two attached hydrogens (primary N) is 1. The molecule has 0 bridgehead atoms. The maximum Gasteiger partial charge on any atom is 0.191 e. The quantitative estimate of drug-likeness (QED) is 0.856. The van der Waals surface area contributed by atoms with E-state index in [4.69, 9.17) is 5.73 Å². The second-order valence-electron chi connectivity index (χ2n) is 6.58. The summed E-state index contributed by atoms with van der Waals surface area (Å²) in [5.41, 5.74) is 6.19. The van der Waals surface area contributed by atoms with Gasteiger partial charge >= 0.3 is 0 Å². The molecule has 2 atom stereocenters. The van der Waals surface area contributed by atoms with Crippen LogP contribution in [-0.2, 0) is 0 Å². The van der Waals surface area contributed by atoms with E-state index in [0.717, 1.165) is 30.4 Å². The number of fused-ring (bicyclic) bond motifs is 1. The highest BCUT2D eigenvalue weighted by molar-refractivity contribution is 5.61. The van der Waals surface area contributed by atoms with Crippen molar-refractivity contribution in [2.24, 2.45) is 16.6 Å². The Morgan fingerprint density at radius 2 is 2.04 bits per heavy atom. The maximum absolute atomic E-state index is 9.93. The summed E-state index contributed by atoms with van der Waals surface area (Å²) in [6.45, 7) is 2.03. The number of nitrogens with zero attached hydrogens (tertiary/aromatic N) is 4. The fraction of sp³-hybridized carbons (Fsp3) is 0.368. The van der Waals surface area contributed by atoms with Crippen molar-refractivity contribution >= 4 is 0 Å². The van der Waals surface area contributed by atoms with Crippen LogP contribution in [0, 0.1) is 44.8 Å². The molecule has 0 amide bonds. The lowest BCUT2D eigenvalue weighted by Crippen LogP contribution is -2.48. The monoisotopic (exact) mass is 315 g/mol. The molecule has 0 aliphatic heterocycles. The maximum atomic E-state index is 9.93. The zero-order valence-corrected chi connectivity index (χ0v) is 13.5. The number of pyridine rings is 1. The summed E-state index contributed by atoms with van der Waals surface area (Å²) in [4.78, 5) is 4.17. The number of rotatable bonds is 1. The standard InChI is InChI=1S/C19H17N5/c1-18-7-3-2-6-15(18)14(9-20)17(23)19(11-21,12-22)16(18)13-5-4-8-24-10-13/h4-6,8,10,16H,2-3,7,23H2,1H3. The fourth-order valence-electron chi connectivity index (χ4n) is 4.31. The number of nitriles is 3. The second-order valence-corrected chi connectivity index (χ2v) is 6.58. The molecule has 0 spiro atoms. The Morgan fingerprint density at radius 1 is 1.29 bits per heavy atom. The number of allylic oxidation sites excluding steroid dienone is 4. The zero-order valence-electron chi connectivity index (χ0n) is 13.5. The molecule has 0 aromatic carbocycles. The Balaban J connectivity index is 2.42. The van der Waals surface area contributed by atoms with Gasteiger partial charge in [0.15, 0.2) is 5.41 Å². The Morgan fingerprint density at radius 3 is 2.62 bits per heavy atom. The molecule has 2 N–H and O–H groups in total. The van der Waals surface area contributed by atoms with Crippen molar-refractivity contribution in [3.63, 3.8) is 0 Å². The first-order valence-electron chi connectivity index (χ1n) is 7.89. The second kappa shape index (κ2) is 5.52. The van der Waals surface area contributed by atoms with Gasteiger partial charge in [0.1, 0.15) is 6.07 Å². The third-order valence-electron chi connectivity index (χ3n) is 5.38. The average Bonchev–Trinajstić information content (AvgIpc) is 2.62. The van der Waals surface area contributed by atoms with Crippen LogP contribution in [0.2, 0.25) is 0 Å². The zero-order chi connectivity index (χ0) is 17.4. The van der Waals surface area contributed by atoms with Gasteiger partial charge in [-0.15, -0.1) is 0 Å². The molecule has 2 unspecified atom stereocenters. The summed E-state index contributed by atoms with van der Waals surface area (Å²) < 4.78 is 0. The molecule has 118 valence electrons. The summed E-state index contributed by atoms with van der Waals surface area (Å²) in [5, 5.41) is 29.5. The van der Waals surface area contributed by atoms with Gasteiger partial charge in [-0.05, 0) is 36.5 Å². The van der Waals surface area contributed by atoms with Crippen molar-refractivity contribution in [1.29, 1.82) is 15.8 Å². The smallest absolute Gasteiger partial charge is 0.191 e. The van der Waals surface area contributed by atoms with E-state index in [1.807, 2.05) is 19.1 Å². The van der Waals surface area contributed by atoms with Crippen LogP contribution in [0.3, 0.4) is 0 Å². The van der Waals surface area contributed by atoms with Crippen molar-refractivity contribution in [2.45, 2.75) is 32.1 Å². The van der Waals surface area contributed by atoms with Crippen LogP contribution in [0.4, 0.5) is 0 Å². The normalized spacial score (nSPS) is 27.9. The van der Waals surface area contributed by atoms with Gasteiger partial charge in [0.25, 0.3) is 0 Å². The molecule has 0 saturated heterocycles. The fourth-order valence-corrected chi connectivity index (χ4v) is 4.31. The largest absolute Gasteiger partial charge is 0.399 e. The van der Waals surface area contributed by atoms with Gasteiger partial charge in [-0.1, -0.05) is 19.1 Å². The van der Waals surface area contributed by atoms with Crippen molar-refractivity contribution in [1.82, 2.24) is 4.98 Å². The topological polar surface area (TPSA) is 110 Å². The van der Waals surface area contributed by atoms with Crippen molar-refractivity contribution in [3.05, 3.63) is 53.0 Å². The molecule has 1 heterocycles. The first kappa shape index (κ1) is 15.8. The molecule has 2 aliphatic rings. The van der Waals surface area contributed by atoms with E-state index >= 15 is 0 Å². The van der Waals surface area contributed by atoms with Crippen LogP contribution in [0.5, 0.6) is 0 Å². The molecule has 0 saturated carbocycles. The SMILES string of the molecule is CC12CCCC=C1C(C#N)=C(N)C(C#N)(C#N)C2c1cccnc1. The molecule has 2 aliphatic carbocycles. The molecule has 1 aromatic rings. The Kier molecular flexibility index (Phi) is 3.63. The predicted molar refractivity (Wildman–Crippen MR) is 87.5 cm³/mol. The lowest BCUT2D eigenvalue weighted by molar-refractivity contribution is 0.201. The molecule has 3 rings (SSSR count). The third kappa shape index (κ3) is 1.87. The lowest BCUT2D eigenvalue weighted by Gasteiger charge is -2.50. The van der Waals surface area contributed by atoms with Crippen molar-refractivity contribution < 1.29 is 0 Å². The van der Waals surface area contributed by atoms with Gasteiger partial charge in [-0.25, -0.2) is 0 Å². The minimum absolute atomic E-state index is 0.0643. The van der Waals surface area contributed by atoms with Gasteiger partial charge in [0.2, 0.25) is 0 Å². The number of aromatic nitrogens is 1. The minimum atomic E-state index is -1.57. The van der Waals surface area contributed by atoms with E-state index in [1.165, 1.54) is 0 Å². The van der Waals surface area contributed by atoms with Gasteiger partial charge in [-0.2, -0.15) is 15.8 Å². The highest BCUT2D eigenvalue weighted by Crippen LogP contribution is 2.62. The molecule has 0 radical (unpaired) electrons. The van der Waals surface area contributed by atoms with Crippen LogP contribution in [-0.4, -0.2) is 4.98 Å². The van der Waals surface area contributed by atoms with Gasteiger partial charge in [-0.3, -0.25) is 4.98 Å². The molecule has 1 aromatic heterocycles. The number of hydrogen-bond donors (Lipinski definition) is 1. The summed E-state index contributed by atoms with van der Waals surface area (Å²) in [5.74, 6) is -0.461. The van der Waals surface area contributed by atoms with Crippen molar-refractivity contribution in [2.75, 3.05) is 0 Å². The molecular weight excluding hydrogens is 298 g/mol. The Labute approximate surface area is 141 Å². The highest BCUT2D eigenvalue weighted by Gasteiger charge is 2.59. The van der Waals surface area contributed by atoms with E-state index < -0.39 is 16.7 Å². The van der Waals surface area contributed by atoms with Gasteiger partial charge in [0.05, 0.1) is 23.4 Å². The molecular formula is C19H17N5. The first-order valence-corrected chi connectivity index (χ1v) is 7.89. The first-order chi connectivity index (χ1) is 11.5. The van der Waals surface area contributed by atoms with E-state index in [-0.39, 0.29) is 5.70 Å². The van der Waals surface area contributed by atoms with Crippen LogP contribution in [0.1, 0.15) is 37.7 Å². The summed E-state index contributed by atoms with van der Waals surface area (Å²) in [6.07, 6.45) is 8.00.